The molecule has 0 aromatic heterocycles. The highest BCUT2D eigenvalue weighted by molar-refractivity contribution is 5.39. The van der Waals surface area contributed by atoms with Gasteiger partial charge in [0.2, 0.25) is 0 Å². The number of halogens is 3. The molecular formula is C13H13F3O. The van der Waals surface area contributed by atoms with Crippen molar-refractivity contribution >= 4 is 0 Å². The highest BCUT2D eigenvalue weighted by atomic mass is 19.4. The molecule has 0 aliphatic carbocycles. The highest BCUT2D eigenvalue weighted by Crippen LogP contribution is 2.30. The summed E-state index contributed by atoms with van der Waals surface area (Å²) >= 11 is 0. The van der Waals surface area contributed by atoms with Crippen LogP contribution in [0, 0.1) is 0 Å². The molecule has 1 rings (SSSR count). The highest BCUT2D eigenvalue weighted by Gasteiger charge is 2.31. The van der Waals surface area contributed by atoms with Crippen molar-refractivity contribution in [2.45, 2.75) is 18.7 Å². The summed E-state index contributed by atoms with van der Waals surface area (Å²) in [5.74, 6) is -0.245. The first-order chi connectivity index (χ1) is 7.80. The smallest absolute Gasteiger partial charge is 0.406 e. The number of alkyl halides is 3. The number of rotatable bonds is 4. The maximum absolute atomic E-state index is 12.1. The third-order valence-electron chi connectivity index (χ3n) is 2.54. The maximum atomic E-state index is 12.1. The summed E-state index contributed by atoms with van der Waals surface area (Å²) in [5, 5.41) is 0. The van der Waals surface area contributed by atoms with E-state index in [4.69, 9.17) is 0 Å². The molecular weight excluding hydrogens is 229 g/mol. The van der Waals surface area contributed by atoms with Crippen LogP contribution in [-0.2, 0) is 5.41 Å². The zero-order chi connectivity index (χ0) is 13.1. The molecule has 0 aliphatic heterocycles. The summed E-state index contributed by atoms with van der Waals surface area (Å²) in [7, 11) is 0. The van der Waals surface area contributed by atoms with Gasteiger partial charge in [-0.15, -0.1) is 26.3 Å². The molecule has 0 atom stereocenters. The topological polar surface area (TPSA) is 9.23 Å². The van der Waals surface area contributed by atoms with Crippen molar-refractivity contribution in [3.05, 3.63) is 55.1 Å². The Morgan fingerprint density at radius 1 is 1.18 bits per heavy atom. The van der Waals surface area contributed by atoms with Crippen LogP contribution in [0.25, 0.3) is 0 Å². The van der Waals surface area contributed by atoms with E-state index in [9.17, 15) is 13.2 Å². The lowest BCUT2D eigenvalue weighted by atomic mass is 9.83. The summed E-state index contributed by atoms with van der Waals surface area (Å²) in [6, 6.07) is 5.79. The predicted octanol–water partition coefficient (Wildman–Crippen LogP) is 4.21. The van der Waals surface area contributed by atoms with Crippen LogP contribution in [0.4, 0.5) is 13.2 Å². The molecule has 1 aromatic rings. The number of hydrogen-bond donors (Lipinski definition) is 0. The van der Waals surface area contributed by atoms with Crippen LogP contribution in [-0.4, -0.2) is 6.36 Å². The molecule has 1 nitrogen and oxygen atoms in total. The fraction of sp³-hybridized carbons (Fsp3) is 0.231. The molecule has 0 unspecified atom stereocenters. The van der Waals surface area contributed by atoms with Gasteiger partial charge in [-0.25, -0.2) is 0 Å². The van der Waals surface area contributed by atoms with Crippen LogP contribution in [0.2, 0.25) is 0 Å². The fourth-order valence-corrected chi connectivity index (χ4v) is 1.35. The van der Waals surface area contributed by atoms with Crippen LogP contribution < -0.4 is 4.74 Å². The molecule has 1 aromatic carbocycles. The third-order valence-corrected chi connectivity index (χ3v) is 2.54. The van der Waals surface area contributed by atoms with Crippen molar-refractivity contribution in [1.82, 2.24) is 0 Å². The summed E-state index contributed by atoms with van der Waals surface area (Å²) in [6.45, 7) is 9.11. The van der Waals surface area contributed by atoms with E-state index < -0.39 is 11.8 Å². The van der Waals surface area contributed by atoms with Crippen molar-refractivity contribution in [1.29, 1.82) is 0 Å². The molecule has 0 saturated carbocycles. The molecule has 0 bridgehead atoms. The van der Waals surface area contributed by atoms with Gasteiger partial charge in [-0.2, -0.15) is 0 Å². The van der Waals surface area contributed by atoms with Crippen molar-refractivity contribution in [2.24, 2.45) is 0 Å². The summed E-state index contributed by atoms with van der Waals surface area (Å²) < 4.78 is 40.1. The Kier molecular flexibility index (Phi) is 3.66. The van der Waals surface area contributed by atoms with Gasteiger partial charge >= 0.3 is 6.36 Å². The molecule has 0 fully saturated rings. The second kappa shape index (κ2) is 4.65. The standard InChI is InChI=1S/C13H13F3O/c1-4-12(3,5-2)10-7-6-8-11(9-10)17-13(14,15)16/h4-9H,1-2H2,3H3. The van der Waals surface area contributed by atoms with Crippen molar-refractivity contribution in [3.63, 3.8) is 0 Å². The van der Waals surface area contributed by atoms with Crippen molar-refractivity contribution in [3.8, 4) is 5.75 Å². The lowest BCUT2D eigenvalue weighted by Gasteiger charge is -2.22. The van der Waals surface area contributed by atoms with Gasteiger partial charge in [0.25, 0.3) is 0 Å². The van der Waals surface area contributed by atoms with Gasteiger partial charge in [0.1, 0.15) is 5.75 Å². The summed E-state index contributed by atoms with van der Waals surface area (Å²) in [6.07, 6.45) is -1.45. The molecule has 0 spiro atoms. The molecule has 0 amide bonds. The Morgan fingerprint density at radius 3 is 2.24 bits per heavy atom. The second-order valence-electron chi connectivity index (χ2n) is 3.77. The lowest BCUT2D eigenvalue weighted by molar-refractivity contribution is -0.274. The van der Waals surface area contributed by atoms with E-state index in [1.807, 2.05) is 0 Å². The zero-order valence-electron chi connectivity index (χ0n) is 9.42. The Morgan fingerprint density at radius 2 is 1.76 bits per heavy atom. The largest absolute Gasteiger partial charge is 0.573 e. The molecule has 0 aliphatic rings. The number of benzene rings is 1. The van der Waals surface area contributed by atoms with Gasteiger partial charge in [-0.1, -0.05) is 24.3 Å². The minimum Gasteiger partial charge on any atom is -0.406 e. The van der Waals surface area contributed by atoms with Crippen molar-refractivity contribution < 1.29 is 17.9 Å². The normalized spacial score (nSPS) is 12.0. The van der Waals surface area contributed by atoms with E-state index in [1.165, 1.54) is 18.2 Å². The number of hydrogen-bond acceptors (Lipinski definition) is 1. The minimum absolute atomic E-state index is 0.245. The van der Waals surface area contributed by atoms with Crippen LogP contribution in [0.5, 0.6) is 5.75 Å². The lowest BCUT2D eigenvalue weighted by Crippen LogP contribution is -2.19. The Bertz CT molecular complexity index is 413. The van der Waals surface area contributed by atoms with E-state index >= 15 is 0 Å². The van der Waals surface area contributed by atoms with E-state index in [-0.39, 0.29) is 5.75 Å². The van der Waals surface area contributed by atoms with Gasteiger partial charge in [-0.05, 0) is 24.6 Å². The van der Waals surface area contributed by atoms with Gasteiger partial charge in [-0.3, -0.25) is 0 Å². The van der Waals surface area contributed by atoms with E-state index in [0.29, 0.717) is 5.56 Å². The van der Waals surface area contributed by atoms with Crippen LogP contribution >= 0.6 is 0 Å². The fourth-order valence-electron chi connectivity index (χ4n) is 1.35. The minimum atomic E-state index is -4.68. The average molecular weight is 242 g/mol. The van der Waals surface area contributed by atoms with E-state index in [0.717, 1.165) is 0 Å². The molecule has 0 saturated heterocycles. The molecule has 17 heavy (non-hydrogen) atoms. The Balaban J connectivity index is 3.09. The SMILES string of the molecule is C=CC(C)(C=C)c1cccc(OC(F)(F)F)c1. The second-order valence-corrected chi connectivity index (χ2v) is 3.77. The van der Waals surface area contributed by atoms with Crippen LogP contribution in [0.1, 0.15) is 12.5 Å². The monoisotopic (exact) mass is 242 g/mol. The summed E-state index contributed by atoms with van der Waals surface area (Å²) in [4.78, 5) is 0. The van der Waals surface area contributed by atoms with Crippen LogP contribution in [0.15, 0.2) is 49.6 Å². The number of ether oxygens (including phenoxy) is 1. The first-order valence-corrected chi connectivity index (χ1v) is 4.94. The van der Waals surface area contributed by atoms with Crippen molar-refractivity contribution in [2.75, 3.05) is 0 Å². The molecule has 0 N–H and O–H groups in total. The number of allylic oxidation sites excluding steroid dienone is 2. The Labute approximate surface area is 98.2 Å². The third kappa shape index (κ3) is 3.37. The quantitative estimate of drug-likeness (QED) is 0.718. The van der Waals surface area contributed by atoms with E-state index in [1.54, 1.807) is 25.1 Å². The van der Waals surface area contributed by atoms with Crippen LogP contribution in [0.3, 0.4) is 0 Å². The maximum Gasteiger partial charge on any atom is 0.573 e. The summed E-state index contributed by atoms with van der Waals surface area (Å²) in [5.41, 5.74) is 0.0644. The van der Waals surface area contributed by atoms with Gasteiger partial charge in [0.15, 0.2) is 0 Å². The average Bonchev–Trinajstić information content (AvgIpc) is 2.26. The molecule has 92 valence electrons. The first kappa shape index (κ1) is 13.4. The van der Waals surface area contributed by atoms with Gasteiger partial charge in [0, 0.05) is 5.41 Å². The zero-order valence-corrected chi connectivity index (χ0v) is 9.42. The molecule has 4 heteroatoms. The molecule has 0 heterocycles. The molecule has 0 radical (unpaired) electrons. The van der Waals surface area contributed by atoms with Gasteiger partial charge < -0.3 is 4.74 Å². The first-order valence-electron chi connectivity index (χ1n) is 4.94. The van der Waals surface area contributed by atoms with Gasteiger partial charge in [0.05, 0.1) is 0 Å². The Hall–Kier alpha value is -1.71. The van der Waals surface area contributed by atoms with E-state index in [2.05, 4.69) is 17.9 Å². The predicted molar refractivity (Wildman–Crippen MR) is 60.9 cm³/mol.